The number of para-hydroxylation sites is 1. The Hall–Kier alpha value is -2.96. The molecule has 174 valence electrons. The minimum absolute atomic E-state index is 0.0591. The van der Waals surface area contributed by atoms with Gasteiger partial charge in [-0.3, -0.25) is 9.59 Å². The van der Waals surface area contributed by atoms with E-state index in [9.17, 15) is 19.4 Å². The first kappa shape index (κ1) is 23.2. The van der Waals surface area contributed by atoms with Gasteiger partial charge in [-0.1, -0.05) is 12.1 Å². The lowest BCUT2D eigenvalue weighted by molar-refractivity contribution is -0.121. The van der Waals surface area contributed by atoms with Gasteiger partial charge in [0.2, 0.25) is 0 Å². The number of anilines is 1. The number of hydrogen-bond acceptors (Lipinski definition) is 9. The van der Waals surface area contributed by atoms with Crippen molar-refractivity contribution in [2.24, 2.45) is 0 Å². The number of thiazole rings is 1. The highest BCUT2D eigenvalue weighted by Gasteiger charge is 2.39. The van der Waals surface area contributed by atoms with Gasteiger partial charge >= 0.3 is 13.1 Å². The molecule has 12 heteroatoms. The summed E-state index contributed by atoms with van der Waals surface area (Å²) < 4.78 is 10.9. The largest absolute Gasteiger partial charge is 0.535 e. The lowest BCUT2D eigenvalue weighted by Gasteiger charge is -2.30. The number of nitrogen functional groups attached to an aromatic ring is 1. The van der Waals surface area contributed by atoms with Gasteiger partial charge < -0.3 is 30.4 Å². The summed E-state index contributed by atoms with van der Waals surface area (Å²) >= 11 is 1.18. The van der Waals surface area contributed by atoms with E-state index < -0.39 is 19.0 Å². The summed E-state index contributed by atoms with van der Waals surface area (Å²) in [6.07, 6.45) is 0.295. The van der Waals surface area contributed by atoms with Crippen LogP contribution in [0.3, 0.4) is 0 Å². The number of amides is 2. The van der Waals surface area contributed by atoms with E-state index in [1.807, 2.05) is 6.07 Å². The van der Waals surface area contributed by atoms with Crippen molar-refractivity contribution in [3.63, 3.8) is 0 Å². The monoisotopic (exact) mass is 472 g/mol. The highest BCUT2D eigenvalue weighted by Crippen LogP contribution is 2.37. The second kappa shape index (κ2) is 9.90. The number of nitrogens with two attached hydrogens (primary N) is 1. The number of aromatic nitrogens is 1. The average Bonchev–Trinajstić information content (AvgIpc) is 3.23. The maximum Gasteiger partial charge on any atom is 0.526 e. The van der Waals surface area contributed by atoms with Crippen molar-refractivity contribution >= 4 is 41.2 Å². The summed E-state index contributed by atoms with van der Waals surface area (Å²) in [5.41, 5.74) is 7.25. The van der Waals surface area contributed by atoms with Crippen LogP contribution in [-0.4, -0.2) is 65.9 Å². The molecule has 2 atom stereocenters. The fourth-order valence-electron chi connectivity index (χ4n) is 4.05. The molecular weight excluding hydrogens is 447 g/mol. The molecule has 1 aromatic carbocycles. The van der Waals surface area contributed by atoms with Gasteiger partial charge in [0.25, 0.3) is 0 Å². The summed E-state index contributed by atoms with van der Waals surface area (Å²) in [6.45, 7) is 3.15. The number of fused-ring (bicyclic) bond motifs is 1. The third-order valence-electron chi connectivity index (χ3n) is 5.79. The molecular formula is C21H25BN4O6S. The van der Waals surface area contributed by atoms with Crippen LogP contribution >= 0.6 is 11.3 Å². The quantitative estimate of drug-likeness (QED) is 0.424. The average molecular weight is 472 g/mol. The molecule has 2 aliphatic rings. The topological polar surface area (TPSA) is 144 Å². The third kappa shape index (κ3) is 5.18. The van der Waals surface area contributed by atoms with Gasteiger partial charge in [-0.2, -0.15) is 0 Å². The Balaban J connectivity index is 1.51. The van der Waals surface area contributed by atoms with Crippen LogP contribution in [0.5, 0.6) is 5.75 Å². The number of urea groups is 1. The van der Waals surface area contributed by atoms with Crippen molar-refractivity contribution in [2.75, 3.05) is 32.0 Å². The highest BCUT2D eigenvalue weighted by atomic mass is 32.1. The molecule has 33 heavy (non-hydrogen) atoms. The van der Waals surface area contributed by atoms with Crippen molar-refractivity contribution in [1.29, 1.82) is 0 Å². The standard InChI is InChI=1S/C21H25BN4O6S/c1-12(27)15-4-2-3-13-9-14(22(30)32-19(13)15)10-17(28)18(16-11-33-20(23)24-16)25-21(29)26-5-7-31-8-6-26/h2-4,11,14,18,30H,5-10H2,1H3,(H2,23,24)(H,25,29)/t14-,18?/m1/s1. The van der Waals surface area contributed by atoms with Crippen LogP contribution in [0.1, 0.15) is 41.0 Å². The van der Waals surface area contributed by atoms with Crippen molar-refractivity contribution in [2.45, 2.75) is 31.6 Å². The van der Waals surface area contributed by atoms with Crippen LogP contribution in [0.4, 0.5) is 9.93 Å². The molecule has 1 aromatic heterocycles. The van der Waals surface area contributed by atoms with Crippen LogP contribution in [0, 0.1) is 0 Å². The number of hydrogen-bond donors (Lipinski definition) is 3. The first-order chi connectivity index (χ1) is 15.8. The molecule has 0 radical (unpaired) electrons. The lowest BCUT2D eigenvalue weighted by Crippen LogP contribution is -2.48. The Bertz CT molecular complexity index is 1060. The van der Waals surface area contributed by atoms with Crippen molar-refractivity contribution in [1.82, 2.24) is 15.2 Å². The summed E-state index contributed by atoms with van der Waals surface area (Å²) in [5, 5.41) is 15.3. The number of ketones is 2. The number of rotatable bonds is 6. The Kier molecular flexibility index (Phi) is 6.96. The molecule has 1 saturated heterocycles. The van der Waals surface area contributed by atoms with Crippen LogP contribution in [0.2, 0.25) is 5.82 Å². The summed E-state index contributed by atoms with van der Waals surface area (Å²) in [4.78, 5) is 43.7. The molecule has 0 spiro atoms. The molecule has 1 unspecified atom stereocenters. The highest BCUT2D eigenvalue weighted by molar-refractivity contribution is 7.13. The second-order valence-corrected chi connectivity index (χ2v) is 8.98. The minimum atomic E-state index is -1.27. The number of Topliss-reactive ketones (excluding diaryl/α,β-unsaturated/α-hetero) is 2. The Labute approximate surface area is 195 Å². The number of ether oxygens (including phenoxy) is 1. The second-order valence-electron chi connectivity index (χ2n) is 8.09. The van der Waals surface area contributed by atoms with Gasteiger partial charge in [0.15, 0.2) is 16.7 Å². The van der Waals surface area contributed by atoms with Gasteiger partial charge in [-0.15, -0.1) is 11.3 Å². The third-order valence-corrected chi connectivity index (χ3v) is 6.48. The number of nitrogens with one attached hydrogen (secondary N) is 1. The molecule has 0 bridgehead atoms. The molecule has 1 fully saturated rings. The number of nitrogens with zero attached hydrogens (tertiary/aromatic N) is 2. The predicted octanol–water partition coefficient (Wildman–Crippen LogP) is 1.46. The van der Waals surface area contributed by atoms with E-state index in [4.69, 9.17) is 15.1 Å². The minimum Gasteiger partial charge on any atom is -0.535 e. The SMILES string of the molecule is CC(=O)c1cccc2c1OB(O)[C@@H](CC(=O)C(NC(=O)N1CCOCC1)c1csc(N)n1)C2. The van der Waals surface area contributed by atoms with E-state index >= 15 is 0 Å². The fraction of sp³-hybridized carbons (Fsp3) is 0.429. The molecule has 0 saturated carbocycles. The zero-order valence-electron chi connectivity index (χ0n) is 18.2. The van der Waals surface area contributed by atoms with Crippen LogP contribution in [-0.2, 0) is 16.0 Å². The first-order valence-electron chi connectivity index (χ1n) is 10.7. The Morgan fingerprint density at radius 3 is 2.79 bits per heavy atom. The molecule has 0 aliphatic carbocycles. The molecule has 2 amide bonds. The Morgan fingerprint density at radius 2 is 2.12 bits per heavy atom. The maximum absolute atomic E-state index is 13.3. The first-order valence-corrected chi connectivity index (χ1v) is 11.6. The smallest absolute Gasteiger partial charge is 0.526 e. The van der Waals surface area contributed by atoms with Crippen LogP contribution < -0.4 is 15.7 Å². The normalized spacial score (nSPS) is 18.8. The molecule has 4 rings (SSSR count). The van der Waals surface area contributed by atoms with Gasteiger partial charge in [-0.25, -0.2) is 9.78 Å². The molecule has 2 aromatic rings. The maximum atomic E-state index is 13.3. The molecule has 2 aliphatic heterocycles. The molecule has 4 N–H and O–H groups in total. The van der Waals surface area contributed by atoms with E-state index in [0.717, 1.165) is 5.56 Å². The van der Waals surface area contributed by atoms with E-state index in [0.29, 0.717) is 49.7 Å². The predicted molar refractivity (Wildman–Crippen MR) is 122 cm³/mol. The van der Waals surface area contributed by atoms with Gasteiger partial charge in [0.1, 0.15) is 11.8 Å². The van der Waals surface area contributed by atoms with E-state index in [2.05, 4.69) is 10.3 Å². The van der Waals surface area contributed by atoms with Gasteiger partial charge in [0, 0.05) is 30.7 Å². The summed E-state index contributed by atoms with van der Waals surface area (Å²) in [6, 6.07) is 3.80. The van der Waals surface area contributed by atoms with Crippen molar-refractivity contribution in [3.8, 4) is 5.75 Å². The Morgan fingerprint density at radius 1 is 1.36 bits per heavy atom. The van der Waals surface area contributed by atoms with E-state index in [1.54, 1.807) is 22.4 Å². The van der Waals surface area contributed by atoms with E-state index in [-0.39, 0.29) is 29.1 Å². The summed E-state index contributed by atoms with van der Waals surface area (Å²) in [5.74, 6) is -0.682. The molecule has 10 nitrogen and oxygen atoms in total. The van der Waals surface area contributed by atoms with Gasteiger partial charge in [0.05, 0.1) is 24.5 Å². The van der Waals surface area contributed by atoms with Crippen molar-refractivity contribution in [3.05, 3.63) is 40.4 Å². The lowest BCUT2D eigenvalue weighted by atomic mass is 9.64. The number of morpholine rings is 1. The number of benzene rings is 1. The fourth-order valence-corrected chi connectivity index (χ4v) is 4.63. The zero-order chi connectivity index (χ0) is 23.5. The number of carbonyl (C=O) groups is 3. The zero-order valence-corrected chi connectivity index (χ0v) is 19.0. The van der Waals surface area contributed by atoms with Gasteiger partial charge in [-0.05, 0) is 25.0 Å². The summed E-state index contributed by atoms with van der Waals surface area (Å²) in [7, 11) is -1.27. The van der Waals surface area contributed by atoms with Crippen LogP contribution in [0.25, 0.3) is 0 Å². The number of carbonyl (C=O) groups excluding carboxylic acids is 3. The van der Waals surface area contributed by atoms with E-state index in [1.165, 1.54) is 18.3 Å². The van der Waals surface area contributed by atoms with Crippen LogP contribution in [0.15, 0.2) is 23.6 Å². The molecule has 3 heterocycles. The van der Waals surface area contributed by atoms with Crippen molar-refractivity contribution < 1.29 is 28.8 Å².